The minimum atomic E-state index is -5.10. The number of aliphatic carboxylic acids is 1. The van der Waals surface area contributed by atoms with E-state index >= 15 is 0 Å². The molecule has 24 heteroatoms. The number of amides is 3. The summed E-state index contributed by atoms with van der Waals surface area (Å²) in [5.74, 6) is -5.04. The number of anilines is 1. The van der Waals surface area contributed by atoms with Gasteiger partial charge in [0.25, 0.3) is 17.7 Å². The minimum Gasteiger partial charge on any atom is -0.504 e. The topological polar surface area (TPSA) is 307 Å². The largest absolute Gasteiger partial charge is 0.504 e. The highest BCUT2D eigenvalue weighted by molar-refractivity contribution is 7.83. The minimum absolute atomic E-state index is 0.00309. The van der Waals surface area contributed by atoms with Gasteiger partial charge in [0, 0.05) is 30.9 Å². The Kier molecular flexibility index (Phi) is 10.9. The van der Waals surface area contributed by atoms with Crippen LogP contribution in [0.25, 0.3) is 0 Å². The van der Waals surface area contributed by atoms with Crippen LogP contribution < -0.4 is 16.4 Å². The van der Waals surface area contributed by atoms with E-state index in [2.05, 4.69) is 25.8 Å². The molecule has 1 unspecified atom stereocenters. The molecular formula is C29H33ClN8O12S3. The molecule has 0 aliphatic carbocycles. The number of carbonyl (C=O) groups excluding carboxylic acids is 3. The van der Waals surface area contributed by atoms with E-state index in [0.717, 1.165) is 28.7 Å². The Labute approximate surface area is 313 Å². The summed E-state index contributed by atoms with van der Waals surface area (Å²) in [5.41, 5.74) is 1.24. The Morgan fingerprint density at radius 3 is 2.57 bits per heavy atom. The van der Waals surface area contributed by atoms with E-state index in [4.69, 9.17) is 22.2 Å². The van der Waals surface area contributed by atoms with Crippen LogP contribution in [0, 0.1) is 0 Å². The maximum absolute atomic E-state index is 13.5. The molecule has 1 aromatic carbocycles. The molecule has 3 aromatic rings. The van der Waals surface area contributed by atoms with E-state index in [1.807, 2.05) is 0 Å². The zero-order valence-electron chi connectivity index (χ0n) is 27.9. The Morgan fingerprint density at radius 2 is 1.94 bits per heavy atom. The zero-order chi connectivity index (χ0) is 39.2. The third-order valence-corrected chi connectivity index (χ3v) is 12.0. The maximum atomic E-state index is 13.5. The lowest BCUT2D eigenvalue weighted by atomic mass is 9.81. The number of benzene rings is 1. The van der Waals surface area contributed by atoms with E-state index in [9.17, 15) is 52.6 Å². The number of nitrogens with two attached hydrogens (primary N) is 1. The Balaban J connectivity index is 1.29. The van der Waals surface area contributed by atoms with Crippen LogP contribution in [-0.2, 0) is 24.7 Å². The molecule has 20 nitrogen and oxygen atoms in total. The van der Waals surface area contributed by atoms with Gasteiger partial charge in [0.05, 0.1) is 33.4 Å². The van der Waals surface area contributed by atoms with Crippen molar-refractivity contribution in [3.8, 4) is 11.5 Å². The summed E-state index contributed by atoms with van der Waals surface area (Å²) in [4.78, 5) is 66.3. The molecular weight excluding hydrogens is 784 g/mol. The van der Waals surface area contributed by atoms with Crippen molar-refractivity contribution < 1.29 is 57.4 Å². The molecule has 2 aliphatic heterocycles. The summed E-state index contributed by atoms with van der Waals surface area (Å²) in [5, 5.41) is 49.9. The van der Waals surface area contributed by atoms with E-state index in [0.29, 0.717) is 18.0 Å². The lowest BCUT2D eigenvalue weighted by Crippen LogP contribution is -2.83. The fraction of sp³-hybridized carbons (Fsp3) is 0.414. The summed E-state index contributed by atoms with van der Waals surface area (Å²) >= 11 is 8.00. The molecule has 53 heavy (non-hydrogen) atoms. The lowest BCUT2D eigenvalue weighted by molar-refractivity contribution is -0.161. The number of phenols is 2. The third-order valence-electron chi connectivity index (χ3n) is 8.61. The fourth-order valence-corrected chi connectivity index (χ4v) is 8.45. The van der Waals surface area contributed by atoms with Gasteiger partial charge in [-0.15, -0.1) is 27.0 Å². The number of oxime groups is 1. The summed E-state index contributed by atoms with van der Waals surface area (Å²) < 4.78 is 34.8. The van der Waals surface area contributed by atoms with Gasteiger partial charge in [-0.05, 0) is 39.3 Å². The average Bonchev–Trinajstić information content (AvgIpc) is 3.86. The molecule has 5 rings (SSSR count). The van der Waals surface area contributed by atoms with E-state index in [1.54, 1.807) is 0 Å². The summed E-state index contributed by atoms with van der Waals surface area (Å²) in [6.45, 7) is 3.55. The van der Waals surface area contributed by atoms with Crippen molar-refractivity contribution >= 4 is 79.1 Å². The van der Waals surface area contributed by atoms with Gasteiger partial charge in [0.2, 0.25) is 5.60 Å². The number of rotatable bonds is 12. The number of hydrogen-bond acceptors (Lipinski definition) is 16. The lowest BCUT2D eigenvalue weighted by Gasteiger charge is -2.57. The van der Waals surface area contributed by atoms with E-state index in [-0.39, 0.29) is 43.1 Å². The first-order valence-corrected chi connectivity index (χ1v) is 18.8. The molecule has 0 bridgehead atoms. The van der Waals surface area contributed by atoms with Crippen molar-refractivity contribution in [1.82, 2.24) is 29.8 Å². The average molecular weight is 817 g/mol. The number of aliphatic hydroxyl groups is 1. The smallest absolute Gasteiger partial charge is 0.350 e. The highest BCUT2D eigenvalue weighted by atomic mass is 35.5. The Morgan fingerprint density at radius 1 is 1.25 bits per heavy atom. The number of nitrogens with zero attached hydrogens (tertiary/aromatic N) is 5. The number of nitrogen functional groups attached to an aromatic ring is 1. The predicted octanol–water partition coefficient (Wildman–Crippen LogP) is 0.570. The van der Waals surface area contributed by atoms with Crippen molar-refractivity contribution in [3.63, 3.8) is 0 Å². The Bertz CT molecular complexity index is 2110. The second kappa shape index (κ2) is 14.6. The fourth-order valence-electron chi connectivity index (χ4n) is 5.60. The van der Waals surface area contributed by atoms with E-state index in [1.165, 1.54) is 43.3 Å². The van der Waals surface area contributed by atoms with Gasteiger partial charge in [0.15, 0.2) is 22.3 Å². The number of aliphatic hydroxyl groups excluding tert-OH is 1. The number of carbonyl (C=O) groups is 4. The first kappa shape index (κ1) is 39.6. The van der Waals surface area contributed by atoms with Gasteiger partial charge in [-0.2, -0.15) is 8.42 Å². The number of hydrogen-bond donors (Lipinski definition) is 8. The summed E-state index contributed by atoms with van der Waals surface area (Å²) in [6, 6.07) is 0.963. The van der Waals surface area contributed by atoms with Crippen LogP contribution in [-0.4, -0.2) is 125 Å². The molecule has 3 amide bonds. The third kappa shape index (κ3) is 7.85. The monoisotopic (exact) mass is 816 g/mol. The highest BCUT2D eigenvalue weighted by Gasteiger charge is 2.63. The number of likely N-dealkylation sites (tertiary alicyclic amines) is 1. The van der Waals surface area contributed by atoms with Crippen molar-refractivity contribution in [3.05, 3.63) is 49.9 Å². The second-order valence-electron chi connectivity index (χ2n) is 12.7. The molecule has 0 radical (unpaired) electrons. The van der Waals surface area contributed by atoms with Crippen LogP contribution >= 0.6 is 34.3 Å². The van der Waals surface area contributed by atoms with E-state index < -0.39 is 81.2 Å². The highest BCUT2D eigenvalue weighted by Crippen LogP contribution is 2.39. The summed E-state index contributed by atoms with van der Waals surface area (Å²) in [6.07, 6.45) is -0.245. The van der Waals surface area contributed by atoms with Gasteiger partial charge in [-0.3, -0.25) is 18.9 Å². The molecule has 9 N–H and O–H groups in total. The normalized spacial score (nSPS) is 22.3. The first-order valence-electron chi connectivity index (χ1n) is 15.4. The number of carboxylic acids is 1. The number of halogens is 1. The van der Waals surface area contributed by atoms with Crippen LogP contribution in [0.3, 0.4) is 0 Å². The second-order valence-corrected chi connectivity index (χ2v) is 16.3. The number of carboxylic acid groups (broad SMARTS) is 1. The van der Waals surface area contributed by atoms with Gasteiger partial charge in [-0.1, -0.05) is 16.8 Å². The number of nitrogens with one attached hydrogen (secondary N) is 2. The SMILES string of the molecule is CC(C)(O/N=C(\C(=O)N[C@@H]1C(O)N(S(=O)(=O)O)[C@]1(C)CNC(=O)c1cnc([C@@H]2CCN(C(=O)c3ccc(O)c(O)c3Cl)C2)s1)c1csc(N)n1)C(=O)O. The van der Waals surface area contributed by atoms with Crippen molar-refractivity contribution in [2.75, 3.05) is 25.4 Å². The molecule has 0 spiro atoms. The van der Waals surface area contributed by atoms with Gasteiger partial charge in [0.1, 0.15) is 16.8 Å². The quantitative estimate of drug-likeness (QED) is 0.0536. The molecule has 0 saturated carbocycles. The molecule has 4 heterocycles. The van der Waals surface area contributed by atoms with Gasteiger partial charge >= 0.3 is 16.3 Å². The molecule has 2 saturated heterocycles. The van der Waals surface area contributed by atoms with Crippen molar-refractivity contribution in [1.29, 1.82) is 0 Å². The van der Waals surface area contributed by atoms with Crippen molar-refractivity contribution in [2.45, 2.75) is 56.5 Å². The number of thiazole rings is 2. The van der Waals surface area contributed by atoms with Crippen LogP contribution in [0.1, 0.15) is 63.8 Å². The number of aromatic hydroxyl groups is 2. The number of aromatic nitrogens is 2. The Hall–Kier alpha value is -4.65. The van der Waals surface area contributed by atoms with Crippen LogP contribution in [0.15, 0.2) is 28.9 Å². The maximum Gasteiger partial charge on any atom is 0.350 e. The number of phenolic OH excluding ortho intramolecular Hbond substituents is 2. The van der Waals surface area contributed by atoms with Gasteiger partial charge in [-0.25, -0.2) is 14.8 Å². The first-order chi connectivity index (χ1) is 24.7. The van der Waals surface area contributed by atoms with Crippen LogP contribution in [0.4, 0.5) is 5.13 Å². The standard InChI is InChI=1S/C29H33ClN8O12S3/c1-28(2,26(45)46)50-36-18(14-10-51-27(31)34-14)22(42)35-20-25(44)38(53(47,48)49)29(20,3)11-33-21(41)16-8-32-23(52-16)12-6-7-37(9-12)24(43)13-4-5-15(39)19(40)17(13)30/h4-5,8,10,12,20,25,39-40,44H,6-7,9,11H2,1-3H3,(H2,31,34)(H,33,41)(H,35,42)(H,45,46)(H,47,48,49)/b36-18-/t12-,20-,25?,29-/m1/s1. The predicted molar refractivity (Wildman–Crippen MR) is 188 cm³/mol. The van der Waals surface area contributed by atoms with Crippen LogP contribution in [0.5, 0.6) is 11.5 Å². The van der Waals surface area contributed by atoms with Crippen LogP contribution in [0.2, 0.25) is 5.02 Å². The molecule has 2 aromatic heterocycles. The molecule has 2 fully saturated rings. The molecule has 2 aliphatic rings. The molecule has 286 valence electrons. The summed E-state index contributed by atoms with van der Waals surface area (Å²) in [7, 11) is -5.10. The van der Waals surface area contributed by atoms with Gasteiger partial charge < -0.3 is 46.5 Å². The molecule has 4 atom stereocenters. The zero-order valence-corrected chi connectivity index (χ0v) is 31.1. The van der Waals surface area contributed by atoms with Crippen molar-refractivity contribution in [2.24, 2.45) is 5.16 Å².